The molecule has 0 aliphatic carbocycles. The number of hydrogen-bond acceptors (Lipinski definition) is 6. The number of ketones is 1. The minimum atomic E-state index is -0.606. The lowest BCUT2D eigenvalue weighted by molar-refractivity contribution is 0.0972. The Morgan fingerprint density at radius 1 is 1.13 bits per heavy atom. The fraction of sp³-hybridized carbons (Fsp3) is 0.250. The third kappa shape index (κ3) is 4.26. The van der Waals surface area contributed by atoms with Gasteiger partial charge in [-0.25, -0.2) is 4.98 Å². The van der Waals surface area contributed by atoms with E-state index in [1.54, 1.807) is 18.0 Å². The molecule has 154 valence electrons. The number of carbonyl (C=O) groups is 1. The predicted molar refractivity (Wildman–Crippen MR) is 121 cm³/mol. The van der Waals surface area contributed by atoms with E-state index < -0.39 is 6.10 Å². The number of Topliss-reactive ketones (excluding diaryl/α,β-unsaturated/α-hetero) is 1. The van der Waals surface area contributed by atoms with Gasteiger partial charge in [0.2, 0.25) is 0 Å². The second-order valence-corrected chi connectivity index (χ2v) is 8.52. The first-order valence-corrected chi connectivity index (χ1v) is 10.9. The van der Waals surface area contributed by atoms with Crippen LogP contribution in [0.4, 0.5) is 11.5 Å². The van der Waals surface area contributed by atoms with Crippen LogP contribution >= 0.6 is 11.8 Å². The standard InChI is InChI=1S/C24H25N3O2S/c1-16(23(29)17-7-4-3-5-8-17)25-14-12-20(28)18-10-11-19-22(15-18)30-21-9-6-13-26-24(21)27(19)2/h3-11,13,15-16,23,25,29H,12,14H2,1-2H3. The van der Waals surface area contributed by atoms with Crippen molar-refractivity contribution >= 4 is 29.1 Å². The highest BCUT2D eigenvalue weighted by Crippen LogP contribution is 2.46. The fourth-order valence-corrected chi connectivity index (χ4v) is 4.76. The van der Waals surface area contributed by atoms with Crippen molar-refractivity contribution < 1.29 is 9.90 Å². The average Bonchev–Trinajstić information content (AvgIpc) is 2.78. The van der Waals surface area contributed by atoms with Gasteiger partial charge in [-0.1, -0.05) is 42.1 Å². The molecule has 4 rings (SSSR count). The number of anilines is 2. The van der Waals surface area contributed by atoms with E-state index in [9.17, 15) is 9.90 Å². The molecule has 2 atom stereocenters. The lowest BCUT2D eigenvalue weighted by Gasteiger charge is -2.28. The predicted octanol–water partition coefficient (Wildman–Crippen LogP) is 4.60. The van der Waals surface area contributed by atoms with E-state index in [1.807, 2.05) is 74.6 Å². The fourth-order valence-electron chi connectivity index (χ4n) is 3.60. The number of aliphatic hydroxyl groups is 1. The van der Waals surface area contributed by atoms with Crippen molar-refractivity contribution in [3.8, 4) is 0 Å². The Morgan fingerprint density at radius 2 is 1.93 bits per heavy atom. The van der Waals surface area contributed by atoms with E-state index in [0.29, 0.717) is 18.5 Å². The summed E-state index contributed by atoms with van der Waals surface area (Å²) >= 11 is 1.64. The van der Waals surface area contributed by atoms with Gasteiger partial charge in [-0.05, 0) is 42.8 Å². The first-order chi connectivity index (χ1) is 14.5. The number of hydrogen-bond donors (Lipinski definition) is 2. The van der Waals surface area contributed by atoms with Crippen LogP contribution < -0.4 is 10.2 Å². The molecule has 6 heteroatoms. The summed E-state index contributed by atoms with van der Waals surface area (Å²) in [7, 11) is 2.00. The molecule has 5 nitrogen and oxygen atoms in total. The molecule has 0 amide bonds. The van der Waals surface area contributed by atoms with Gasteiger partial charge in [0, 0.05) is 42.7 Å². The summed E-state index contributed by atoms with van der Waals surface area (Å²) in [6.45, 7) is 2.44. The zero-order chi connectivity index (χ0) is 21.1. The van der Waals surface area contributed by atoms with E-state index in [0.717, 1.165) is 26.9 Å². The van der Waals surface area contributed by atoms with Crippen LogP contribution in [-0.2, 0) is 0 Å². The van der Waals surface area contributed by atoms with Crippen LogP contribution in [-0.4, -0.2) is 35.5 Å². The van der Waals surface area contributed by atoms with Gasteiger partial charge in [-0.15, -0.1) is 0 Å². The van der Waals surface area contributed by atoms with Crippen LogP contribution in [0.25, 0.3) is 0 Å². The Morgan fingerprint density at radius 3 is 2.73 bits per heavy atom. The van der Waals surface area contributed by atoms with Gasteiger partial charge in [0.1, 0.15) is 5.82 Å². The molecule has 2 heterocycles. The molecule has 0 spiro atoms. The minimum Gasteiger partial charge on any atom is -0.387 e. The van der Waals surface area contributed by atoms with Gasteiger partial charge in [-0.3, -0.25) is 4.79 Å². The summed E-state index contributed by atoms with van der Waals surface area (Å²) < 4.78 is 0. The maximum atomic E-state index is 12.7. The maximum absolute atomic E-state index is 12.7. The smallest absolute Gasteiger partial charge is 0.164 e. The normalized spacial score (nSPS) is 14.6. The van der Waals surface area contributed by atoms with Crippen LogP contribution in [0.5, 0.6) is 0 Å². The number of carbonyl (C=O) groups excluding carboxylic acids is 1. The van der Waals surface area contributed by atoms with Crippen LogP contribution in [0.1, 0.15) is 35.4 Å². The van der Waals surface area contributed by atoms with Crippen LogP contribution in [0.2, 0.25) is 0 Å². The third-order valence-corrected chi connectivity index (χ3v) is 6.45. The molecule has 1 aromatic heterocycles. The van der Waals surface area contributed by atoms with Crippen molar-refractivity contribution in [1.82, 2.24) is 10.3 Å². The van der Waals surface area contributed by atoms with Crippen LogP contribution in [0, 0.1) is 0 Å². The molecular formula is C24H25N3O2S. The number of aromatic nitrogens is 1. The van der Waals surface area contributed by atoms with E-state index in [2.05, 4.69) is 15.2 Å². The Bertz CT molecular complexity index is 1040. The van der Waals surface area contributed by atoms with Gasteiger partial charge < -0.3 is 15.3 Å². The van der Waals surface area contributed by atoms with Gasteiger partial charge >= 0.3 is 0 Å². The van der Waals surface area contributed by atoms with Crippen molar-refractivity contribution in [2.45, 2.75) is 35.3 Å². The summed E-state index contributed by atoms with van der Waals surface area (Å²) in [5.74, 6) is 1.02. The van der Waals surface area contributed by atoms with E-state index >= 15 is 0 Å². The summed E-state index contributed by atoms with van der Waals surface area (Å²) in [5, 5.41) is 13.7. The highest BCUT2D eigenvalue weighted by molar-refractivity contribution is 7.99. The molecule has 30 heavy (non-hydrogen) atoms. The highest BCUT2D eigenvalue weighted by Gasteiger charge is 2.23. The summed E-state index contributed by atoms with van der Waals surface area (Å²) in [6.07, 6.45) is 1.57. The molecule has 0 saturated carbocycles. The van der Waals surface area contributed by atoms with Crippen molar-refractivity contribution in [3.05, 3.63) is 78.0 Å². The van der Waals surface area contributed by atoms with E-state index in [1.165, 1.54) is 0 Å². The molecule has 0 fully saturated rings. The maximum Gasteiger partial charge on any atom is 0.164 e. The highest BCUT2D eigenvalue weighted by atomic mass is 32.2. The monoisotopic (exact) mass is 419 g/mol. The topological polar surface area (TPSA) is 65.5 Å². The molecule has 2 N–H and O–H groups in total. The Balaban J connectivity index is 1.37. The Kier molecular flexibility index (Phi) is 6.18. The number of pyridine rings is 1. The molecule has 2 aromatic carbocycles. The van der Waals surface area contributed by atoms with Gasteiger partial charge in [0.05, 0.1) is 16.7 Å². The van der Waals surface area contributed by atoms with Crippen LogP contribution in [0.3, 0.4) is 0 Å². The van der Waals surface area contributed by atoms with Gasteiger partial charge in [0.25, 0.3) is 0 Å². The molecule has 0 saturated heterocycles. The van der Waals surface area contributed by atoms with Crippen molar-refractivity contribution in [1.29, 1.82) is 0 Å². The SMILES string of the molecule is CC(NCCC(=O)c1ccc2c(c1)Sc1cccnc1N2C)C(O)c1ccccc1. The largest absolute Gasteiger partial charge is 0.387 e. The quantitative estimate of drug-likeness (QED) is 0.546. The molecule has 2 unspecified atom stereocenters. The first-order valence-electron chi connectivity index (χ1n) is 10.0. The Hall–Kier alpha value is -2.67. The minimum absolute atomic E-state index is 0.0898. The second-order valence-electron chi connectivity index (χ2n) is 7.44. The molecule has 1 aliphatic rings. The summed E-state index contributed by atoms with van der Waals surface area (Å²) in [4.78, 5) is 21.4. The van der Waals surface area contributed by atoms with Crippen molar-refractivity contribution in [3.63, 3.8) is 0 Å². The zero-order valence-electron chi connectivity index (χ0n) is 17.1. The summed E-state index contributed by atoms with van der Waals surface area (Å²) in [6, 6.07) is 19.2. The molecule has 1 aliphatic heterocycles. The summed E-state index contributed by atoms with van der Waals surface area (Å²) in [5.41, 5.74) is 2.63. The molecular weight excluding hydrogens is 394 g/mol. The molecule has 3 aromatic rings. The average molecular weight is 420 g/mol. The second kappa shape index (κ2) is 9.00. The zero-order valence-corrected chi connectivity index (χ0v) is 17.9. The number of fused-ring (bicyclic) bond motifs is 2. The van der Waals surface area contributed by atoms with E-state index in [4.69, 9.17) is 0 Å². The molecule has 0 radical (unpaired) electrons. The number of nitrogens with zero attached hydrogens (tertiary/aromatic N) is 2. The number of aliphatic hydroxyl groups excluding tert-OH is 1. The van der Waals surface area contributed by atoms with Gasteiger partial charge in [-0.2, -0.15) is 0 Å². The lowest BCUT2D eigenvalue weighted by Crippen LogP contribution is -2.33. The van der Waals surface area contributed by atoms with E-state index in [-0.39, 0.29) is 11.8 Å². The number of benzene rings is 2. The Labute approximate surface area is 181 Å². The van der Waals surface area contributed by atoms with Crippen molar-refractivity contribution in [2.75, 3.05) is 18.5 Å². The number of rotatable bonds is 7. The molecule has 0 bridgehead atoms. The number of nitrogens with one attached hydrogen (secondary N) is 1. The lowest BCUT2D eigenvalue weighted by atomic mass is 10.0. The third-order valence-electron chi connectivity index (χ3n) is 5.36. The van der Waals surface area contributed by atoms with Crippen molar-refractivity contribution in [2.24, 2.45) is 0 Å². The van der Waals surface area contributed by atoms with Gasteiger partial charge in [0.15, 0.2) is 5.78 Å². The first kappa shape index (κ1) is 20.6. The van der Waals surface area contributed by atoms with Crippen LogP contribution in [0.15, 0.2) is 76.7 Å².